The maximum atomic E-state index is 5.98. The van der Waals surface area contributed by atoms with Crippen molar-refractivity contribution in [2.45, 2.75) is 45.4 Å². The molecule has 0 amide bonds. The summed E-state index contributed by atoms with van der Waals surface area (Å²) in [5.74, 6) is 0.972. The zero-order valence-electron chi connectivity index (χ0n) is 17.2. The summed E-state index contributed by atoms with van der Waals surface area (Å²) in [5.41, 5.74) is 3.76. The number of nitrogens with zero attached hydrogens (tertiary/aromatic N) is 3. The molecule has 0 spiro atoms. The van der Waals surface area contributed by atoms with Crippen LogP contribution in [0.25, 0.3) is 0 Å². The third-order valence-corrected chi connectivity index (χ3v) is 5.35. The molecule has 27 heavy (non-hydrogen) atoms. The maximum absolute atomic E-state index is 5.98. The van der Waals surface area contributed by atoms with Gasteiger partial charge in [0.2, 0.25) is 0 Å². The fraction of sp³-hybridized carbons (Fsp3) is 0.667. The molecule has 6 heteroatoms. The number of anilines is 1. The molecule has 2 heterocycles. The lowest BCUT2D eigenvalue weighted by Gasteiger charge is -2.37. The summed E-state index contributed by atoms with van der Waals surface area (Å²) in [6, 6.07) is 6.57. The van der Waals surface area contributed by atoms with E-state index in [1.54, 1.807) is 0 Å². The van der Waals surface area contributed by atoms with E-state index in [-0.39, 0.29) is 12.2 Å². The van der Waals surface area contributed by atoms with Gasteiger partial charge in [0.1, 0.15) is 6.10 Å². The summed E-state index contributed by atoms with van der Waals surface area (Å²) in [5, 5.41) is 3.45. The molecule has 3 rings (SSSR count). The van der Waals surface area contributed by atoms with Crippen LogP contribution < -0.4 is 10.2 Å². The van der Waals surface area contributed by atoms with Gasteiger partial charge in [-0.05, 0) is 49.9 Å². The van der Waals surface area contributed by atoms with Crippen molar-refractivity contribution < 1.29 is 9.47 Å². The van der Waals surface area contributed by atoms with Crippen molar-refractivity contribution in [2.75, 3.05) is 51.8 Å². The normalized spacial score (nSPS) is 23.6. The first-order valence-corrected chi connectivity index (χ1v) is 10.1. The van der Waals surface area contributed by atoms with Crippen molar-refractivity contribution in [1.29, 1.82) is 0 Å². The molecule has 0 radical (unpaired) electrons. The van der Waals surface area contributed by atoms with E-state index in [2.05, 4.69) is 61.3 Å². The Kier molecular flexibility index (Phi) is 6.96. The van der Waals surface area contributed by atoms with Gasteiger partial charge in [0.25, 0.3) is 0 Å². The molecule has 0 saturated carbocycles. The highest BCUT2D eigenvalue weighted by molar-refractivity contribution is 5.80. The minimum absolute atomic E-state index is 0.145. The summed E-state index contributed by atoms with van der Waals surface area (Å²) in [4.78, 5) is 9.38. The average Bonchev–Trinajstić information content (AvgIpc) is 3.21. The monoisotopic (exact) mass is 374 g/mol. The van der Waals surface area contributed by atoms with E-state index in [1.807, 2.05) is 0 Å². The van der Waals surface area contributed by atoms with Crippen molar-refractivity contribution >= 4 is 11.6 Å². The number of aliphatic imine (C=N–C) groups is 1. The highest BCUT2D eigenvalue weighted by Gasteiger charge is 2.32. The third kappa shape index (κ3) is 5.14. The topological polar surface area (TPSA) is 49.3 Å². The number of guanidine groups is 1. The Hall–Kier alpha value is -1.79. The quantitative estimate of drug-likeness (QED) is 0.634. The number of hydrogen-bond acceptors (Lipinski definition) is 4. The Morgan fingerprint density at radius 3 is 2.74 bits per heavy atom. The number of hydrogen-bond donors (Lipinski definition) is 1. The van der Waals surface area contributed by atoms with Gasteiger partial charge in [-0.2, -0.15) is 0 Å². The van der Waals surface area contributed by atoms with E-state index < -0.39 is 0 Å². The third-order valence-electron chi connectivity index (χ3n) is 5.35. The lowest BCUT2D eigenvalue weighted by Crippen LogP contribution is -2.53. The number of aryl methyl sites for hydroxylation is 1. The van der Waals surface area contributed by atoms with Crippen LogP contribution >= 0.6 is 0 Å². The molecule has 0 aromatic heterocycles. The van der Waals surface area contributed by atoms with Gasteiger partial charge in [0.05, 0.1) is 19.3 Å². The van der Waals surface area contributed by atoms with Crippen LogP contribution in [0.4, 0.5) is 5.69 Å². The molecular weight excluding hydrogens is 340 g/mol. The number of rotatable bonds is 5. The fourth-order valence-electron chi connectivity index (χ4n) is 3.71. The molecule has 1 N–H and O–H groups in total. The SMILES string of the molecule is CCNC(=NCc1ccc(N(C)C)cc1C)N1CCOC(C2CCCO2)C1. The maximum Gasteiger partial charge on any atom is 0.194 e. The molecule has 0 aliphatic carbocycles. The number of morpholine rings is 1. The molecule has 2 aliphatic heterocycles. The van der Waals surface area contributed by atoms with Gasteiger partial charge in [0.15, 0.2) is 5.96 Å². The second-order valence-corrected chi connectivity index (χ2v) is 7.58. The summed E-state index contributed by atoms with van der Waals surface area (Å²) in [7, 11) is 4.14. The van der Waals surface area contributed by atoms with Gasteiger partial charge in [-0.15, -0.1) is 0 Å². The van der Waals surface area contributed by atoms with Gasteiger partial charge in [0, 0.05) is 46.0 Å². The highest BCUT2D eigenvalue weighted by atomic mass is 16.5. The van der Waals surface area contributed by atoms with Crippen LogP contribution in [0.1, 0.15) is 30.9 Å². The molecule has 2 atom stereocenters. The van der Waals surface area contributed by atoms with Crippen LogP contribution in [-0.4, -0.2) is 70.0 Å². The zero-order valence-corrected chi connectivity index (χ0v) is 17.2. The minimum Gasteiger partial charge on any atom is -0.378 e. The Bertz CT molecular complexity index is 641. The molecule has 1 aromatic carbocycles. The average molecular weight is 375 g/mol. The van der Waals surface area contributed by atoms with Crippen molar-refractivity contribution in [2.24, 2.45) is 4.99 Å². The summed E-state index contributed by atoms with van der Waals surface area (Å²) >= 11 is 0. The number of benzene rings is 1. The van der Waals surface area contributed by atoms with E-state index in [0.717, 1.165) is 51.6 Å². The Labute approximate surface area is 163 Å². The molecule has 2 aliphatic rings. The van der Waals surface area contributed by atoms with Crippen LogP contribution in [0.3, 0.4) is 0 Å². The van der Waals surface area contributed by atoms with E-state index in [0.29, 0.717) is 6.54 Å². The Balaban J connectivity index is 1.68. The second kappa shape index (κ2) is 9.42. The van der Waals surface area contributed by atoms with Gasteiger partial charge >= 0.3 is 0 Å². The van der Waals surface area contributed by atoms with Crippen LogP contribution in [0.5, 0.6) is 0 Å². The first kappa shape index (κ1) is 20.0. The smallest absolute Gasteiger partial charge is 0.194 e. The number of ether oxygens (including phenoxy) is 2. The molecule has 2 saturated heterocycles. The largest absolute Gasteiger partial charge is 0.378 e. The van der Waals surface area contributed by atoms with Gasteiger partial charge in [-0.25, -0.2) is 4.99 Å². The molecular formula is C21H34N4O2. The molecule has 150 valence electrons. The minimum atomic E-state index is 0.145. The lowest BCUT2D eigenvalue weighted by molar-refractivity contribution is -0.0817. The molecule has 2 fully saturated rings. The lowest BCUT2D eigenvalue weighted by atomic mass is 10.1. The van der Waals surface area contributed by atoms with Gasteiger partial charge < -0.3 is 24.6 Å². The summed E-state index contributed by atoms with van der Waals surface area (Å²) in [6.07, 6.45) is 2.62. The summed E-state index contributed by atoms with van der Waals surface area (Å²) in [6.45, 7) is 9.12. The summed E-state index contributed by atoms with van der Waals surface area (Å²) < 4.78 is 11.8. The van der Waals surface area contributed by atoms with Crippen molar-refractivity contribution in [3.63, 3.8) is 0 Å². The van der Waals surface area contributed by atoms with Crippen molar-refractivity contribution in [1.82, 2.24) is 10.2 Å². The predicted octanol–water partition coefficient (Wildman–Crippen LogP) is 2.41. The predicted molar refractivity (Wildman–Crippen MR) is 111 cm³/mol. The van der Waals surface area contributed by atoms with Crippen LogP contribution in [-0.2, 0) is 16.0 Å². The number of nitrogens with one attached hydrogen (secondary N) is 1. The zero-order chi connectivity index (χ0) is 19.2. The standard InChI is InChI=1S/C21H34N4O2/c1-5-22-21(23-14-17-8-9-18(24(3)4)13-16(17)2)25-10-12-27-20(15-25)19-7-6-11-26-19/h8-9,13,19-20H,5-7,10-12,14-15H2,1-4H3,(H,22,23). The molecule has 1 aromatic rings. The van der Waals surface area contributed by atoms with Crippen molar-refractivity contribution in [3.8, 4) is 0 Å². The van der Waals surface area contributed by atoms with E-state index >= 15 is 0 Å². The first-order chi connectivity index (χ1) is 13.1. The Morgan fingerprint density at radius 1 is 1.26 bits per heavy atom. The molecule has 6 nitrogen and oxygen atoms in total. The van der Waals surface area contributed by atoms with Crippen LogP contribution in [0.15, 0.2) is 23.2 Å². The highest BCUT2D eigenvalue weighted by Crippen LogP contribution is 2.21. The van der Waals surface area contributed by atoms with Gasteiger partial charge in [-0.1, -0.05) is 6.07 Å². The van der Waals surface area contributed by atoms with Crippen LogP contribution in [0.2, 0.25) is 0 Å². The molecule has 2 unspecified atom stereocenters. The van der Waals surface area contributed by atoms with E-state index in [9.17, 15) is 0 Å². The van der Waals surface area contributed by atoms with E-state index in [4.69, 9.17) is 14.5 Å². The fourth-order valence-corrected chi connectivity index (χ4v) is 3.71. The van der Waals surface area contributed by atoms with Crippen molar-refractivity contribution in [3.05, 3.63) is 29.3 Å². The van der Waals surface area contributed by atoms with Crippen LogP contribution in [0, 0.1) is 6.92 Å². The first-order valence-electron chi connectivity index (χ1n) is 10.1. The Morgan fingerprint density at radius 2 is 2.07 bits per heavy atom. The van der Waals surface area contributed by atoms with Gasteiger partial charge in [-0.3, -0.25) is 0 Å². The van der Waals surface area contributed by atoms with E-state index in [1.165, 1.54) is 16.8 Å². The molecule has 0 bridgehead atoms. The second-order valence-electron chi connectivity index (χ2n) is 7.58.